The Hall–Kier alpha value is -3.10. The van der Waals surface area contributed by atoms with Crippen LogP contribution >= 0.6 is 0 Å². The minimum absolute atomic E-state index is 0.0710. The van der Waals surface area contributed by atoms with Crippen molar-refractivity contribution in [2.24, 2.45) is 0 Å². The lowest BCUT2D eigenvalue weighted by molar-refractivity contribution is -0.137. The first-order valence-electron chi connectivity index (χ1n) is 6.33. The number of halogens is 3. The number of carboxylic acid groups (broad SMARTS) is 1. The Labute approximate surface area is 127 Å². The van der Waals surface area contributed by atoms with Gasteiger partial charge in [-0.2, -0.15) is 18.2 Å². The smallest absolute Gasteiger partial charge is 0.416 e. The van der Waals surface area contributed by atoms with Crippen LogP contribution in [0.25, 0.3) is 16.8 Å². The van der Waals surface area contributed by atoms with E-state index in [-0.39, 0.29) is 22.9 Å². The topological polar surface area (TPSA) is 93.5 Å². The number of aromatic nitrogens is 3. The summed E-state index contributed by atoms with van der Waals surface area (Å²) in [5, 5.41) is 12.9. The van der Waals surface area contributed by atoms with E-state index in [0.717, 1.165) is 16.6 Å². The molecule has 0 bridgehead atoms. The van der Waals surface area contributed by atoms with Gasteiger partial charge >= 0.3 is 12.1 Å². The van der Waals surface area contributed by atoms with Crippen molar-refractivity contribution in [1.29, 1.82) is 0 Å². The van der Waals surface area contributed by atoms with E-state index in [0.29, 0.717) is 5.56 Å². The highest BCUT2D eigenvalue weighted by Gasteiger charge is 2.30. The minimum atomic E-state index is -4.49. The number of rotatable bonds is 2. The fourth-order valence-corrected chi connectivity index (χ4v) is 2.23. The molecule has 3 rings (SSSR count). The number of nitrogens with zero attached hydrogens (tertiary/aromatic N) is 3. The molecule has 0 radical (unpaired) electrons. The van der Waals surface area contributed by atoms with Gasteiger partial charge in [-0.15, -0.1) is 5.10 Å². The molecule has 0 aliphatic rings. The van der Waals surface area contributed by atoms with E-state index >= 15 is 0 Å². The second-order valence-electron chi connectivity index (χ2n) is 4.72. The Morgan fingerprint density at radius 1 is 1.22 bits per heavy atom. The maximum Gasteiger partial charge on any atom is 0.416 e. The van der Waals surface area contributed by atoms with Gasteiger partial charge in [0.05, 0.1) is 5.56 Å². The van der Waals surface area contributed by atoms with E-state index in [9.17, 15) is 18.0 Å². The molecule has 118 valence electrons. The van der Waals surface area contributed by atoms with Crippen LogP contribution in [0.15, 0.2) is 36.4 Å². The number of nitrogens with two attached hydrogens (primary N) is 1. The third-order valence-electron chi connectivity index (χ3n) is 3.22. The number of benzene rings is 1. The summed E-state index contributed by atoms with van der Waals surface area (Å²) in [6.45, 7) is 0. The normalized spacial score (nSPS) is 11.8. The first kappa shape index (κ1) is 14.8. The third kappa shape index (κ3) is 2.56. The van der Waals surface area contributed by atoms with Crippen molar-refractivity contribution in [3.8, 4) is 11.1 Å². The van der Waals surface area contributed by atoms with Crippen LogP contribution in [0, 0.1) is 0 Å². The molecule has 3 aromatic rings. The van der Waals surface area contributed by atoms with E-state index in [1.54, 1.807) is 0 Å². The van der Waals surface area contributed by atoms with Gasteiger partial charge in [-0.1, -0.05) is 12.1 Å². The van der Waals surface area contributed by atoms with Crippen LogP contribution in [-0.4, -0.2) is 25.7 Å². The Morgan fingerprint density at radius 2 is 1.96 bits per heavy atom. The van der Waals surface area contributed by atoms with Crippen molar-refractivity contribution in [3.63, 3.8) is 0 Å². The molecule has 2 aromatic heterocycles. The molecule has 0 atom stereocenters. The molecule has 1 aromatic carbocycles. The van der Waals surface area contributed by atoms with Crippen LogP contribution < -0.4 is 5.73 Å². The maximum atomic E-state index is 12.8. The molecule has 0 unspecified atom stereocenters. The number of pyridine rings is 1. The maximum absolute atomic E-state index is 12.8. The number of nitrogen functional groups attached to an aromatic ring is 1. The predicted molar refractivity (Wildman–Crippen MR) is 74.8 cm³/mol. The summed E-state index contributed by atoms with van der Waals surface area (Å²) in [6, 6.07) is 7.25. The summed E-state index contributed by atoms with van der Waals surface area (Å²) in [4.78, 5) is 15.1. The van der Waals surface area contributed by atoms with Crippen LogP contribution in [0.3, 0.4) is 0 Å². The summed E-state index contributed by atoms with van der Waals surface area (Å²) in [6.07, 6.45) is -4.49. The van der Waals surface area contributed by atoms with Crippen molar-refractivity contribution < 1.29 is 23.1 Å². The third-order valence-corrected chi connectivity index (χ3v) is 3.22. The Bertz CT molecular complexity index is 918. The highest BCUT2D eigenvalue weighted by molar-refractivity contribution is 5.89. The molecule has 0 aliphatic carbocycles. The molecule has 0 spiro atoms. The fraction of sp³-hybridized carbons (Fsp3) is 0.0714. The first-order chi connectivity index (χ1) is 10.8. The number of alkyl halides is 3. The largest absolute Gasteiger partial charge is 0.477 e. The van der Waals surface area contributed by atoms with Gasteiger partial charge in [0.1, 0.15) is 0 Å². The van der Waals surface area contributed by atoms with E-state index in [4.69, 9.17) is 10.8 Å². The van der Waals surface area contributed by atoms with Crippen molar-refractivity contribution >= 4 is 17.6 Å². The van der Waals surface area contributed by atoms with Gasteiger partial charge in [0.25, 0.3) is 0 Å². The zero-order valence-electron chi connectivity index (χ0n) is 11.4. The van der Waals surface area contributed by atoms with Crippen LogP contribution in [0.1, 0.15) is 16.1 Å². The van der Waals surface area contributed by atoms with Gasteiger partial charge in [-0.3, -0.25) is 0 Å². The highest BCUT2D eigenvalue weighted by atomic mass is 19.4. The van der Waals surface area contributed by atoms with E-state index in [2.05, 4.69) is 10.1 Å². The number of carboxylic acids is 1. The van der Waals surface area contributed by atoms with Crippen LogP contribution in [0.5, 0.6) is 0 Å². The zero-order valence-corrected chi connectivity index (χ0v) is 11.4. The molecule has 2 heterocycles. The molecule has 0 amide bonds. The lowest BCUT2D eigenvalue weighted by Crippen LogP contribution is -2.07. The molecule has 0 saturated carbocycles. The van der Waals surface area contributed by atoms with Crippen molar-refractivity contribution in [2.75, 3.05) is 5.73 Å². The Balaban J connectivity index is 2.26. The summed E-state index contributed by atoms with van der Waals surface area (Å²) >= 11 is 0. The van der Waals surface area contributed by atoms with Crippen LogP contribution in [0.2, 0.25) is 0 Å². The SMILES string of the molecule is Nc1nc2c(-c3cccc(C(F)(F)F)c3)ccc(C(=O)O)n2n1. The number of anilines is 1. The Kier molecular flexibility index (Phi) is 3.20. The van der Waals surface area contributed by atoms with Gasteiger partial charge in [-0.25, -0.2) is 9.31 Å². The molecule has 6 nitrogen and oxygen atoms in total. The monoisotopic (exact) mass is 322 g/mol. The van der Waals surface area contributed by atoms with Crippen molar-refractivity contribution in [1.82, 2.24) is 14.6 Å². The van der Waals surface area contributed by atoms with Crippen molar-refractivity contribution in [3.05, 3.63) is 47.7 Å². The van der Waals surface area contributed by atoms with E-state index in [1.807, 2.05) is 0 Å². The summed E-state index contributed by atoms with van der Waals surface area (Å²) < 4.78 is 39.5. The summed E-state index contributed by atoms with van der Waals surface area (Å²) in [7, 11) is 0. The van der Waals surface area contributed by atoms with Crippen LogP contribution in [0.4, 0.5) is 19.1 Å². The number of hydrogen-bond donors (Lipinski definition) is 2. The molecule has 0 fully saturated rings. The molecule has 0 aliphatic heterocycles. The number of aromatic carboxylic acids is 1. The molecule has 9 heteroatoms. The molecule has 0 saturated heterocycles. The zero-order chi connectivity index (χ0) is 16.8. The summed E-state index contributed by atoms with van der Waals surface area (Å²) in [5.74, 6) is -1.43. The molecule has 23 heavy (non-hydrogen) atoms. The standard InChI is InChI=1S/C14H9F3N4O2/c15-14(16,17)8-3-1-2-7(6-8)9-4-5-10(12(22)23)21-11(9)19-13(18)20-21/h1-6H,(H2,18,20)(H,22,23). The molecular formula is C14H9F3N4O2. The lowest BCUT2D eigenvalue weighted by atomic mass is 10.0. The minimum Gasteiger partial charge on any atom is -0.477 e. The predicted octanol–water partition coefficient (Wildman–Crippen LogP) is 2.70. The highest BCUT2D eigenvalue weighted by Crippen LogP contribution is 2.33. The first-order valence-corrected chi connectivity index (χ1v) is 6.33. The number of hydrogen-bond acceptors (Lipinski definition) is 4. The van der Waals surface area contributed by atoms with Gasteiger partial charge in [0, 0.05) is 5.56 Å². The van der Waals surface area contributed by atoms with E-state index in [1.165, 1.54) is 24.3 Å². The lowest BCUT2D eigenvalue weighted by Gasteiger charge is -2.10. The van der Waals surface area contributed by atoms with Crippen LogP contribution in [-0.2, 0) is 6.18 Å². The fourth-order valence-electron chi connectivity index (χ4n) is 2.23. The average Bonchev–Trinajstić information content (AvgIpc) is 2.86. The molecule has 3 N–H and O–H groups in total. The quantitative estimate of drug-likeness (QED) is 0.756. The van der Waals surface area contributed by atoms with Crippen molar-refractivity contribution in [2.45, 2.75) is 6.18 Å². The van der Waals surface area contributed by atoms with Gasteiger partial charge in [0.2, 0.25) is 5.95 Å². The van der Waals surface area contributed by atoms with Gasteiger partial charge < -0.3 is 10.8 Å². The Morgan fingerprint density at radius 3 is 2.61 bits per heavy atom. The number of fused-ring (bicyclic) bond motifs is 1. The average molecular weight is 322 g/mol. The van der Waals surface area contributed by atoms with Gasteiger partial charge in [-0.05, 0) is 29.8 Å². The second-order valence-corrected chi connectivity index (χ2v) is 4.72. The van der Waals surface area contributed by atoms with E-state index < -0.39 is 17.7 Å². The molecular weight excluding hydrogens is 313 g/mol. The summed E-state index contributed by atoms with van der Waals surface area (Å²) in [5.41, 5.74) is 5.08. The van der Waals surface area contributed by atoms with Gasteiger partial charge in [0.15, 0.2) is 11.3 Å². The number of carbonyl (C=O) groups is 1. The second kappa shape index (κ2) is 4.97.